The van der Waals surface area contributed by atoms with Crippen molar-refractivity contribution in [1.82, 2.24) is 30.4 Å². The molecule has 146 valence electrons. The molecule has 2 amide bonds. The standard InChI is InChI=1S/C20H30N6O/c1-12-16-8-6-7-9-17(16)23-18(22-12)10-11-21-20(27)26(5)15(4)19-13(2)24-25-14(19)3/h15H,6-11H2,1-5H3,(H,21,27)(H,24,25). The first-order valence-corrected chi connectivity index (χ1v) is 9.76. The number of aromatic nitrogens is 4. The first kappa shape index (κ1) is 19.3. The number of hydrogen-bond donors (Lipinski definition) is 2. The van der Waals surface area contributed by atoms with Crippen LogP contribution in [0.25, 0.3) is 0 Å². The van der Waals surface area contributed by atoms with E-state index in [1.807, 2.05) is 27.8 Å². The molecule has 2 heterocycles. The smallest absolute Gasteiger partial charge is 0.317 e. The molecule has 1 atom stereocenters. The summed E-state index contributed by atoms with van der Waals surface area (Å²) in [5.41, 5.74) is 6.62. The summed E-state index contributed by atoms with van der Waals surface area (Å²) in [6.45, 7) is 8.54. The van der Waals surface area contributed by atoms with Crippen LogP contribution in [-0.2, 0) is 19.3 Å². The Morgan fingerprint density at radius 3 is 2.63 bits per heavy atom. The first-order chi connectivity index (χ1) is 12.9. The van der Waals surface area contributed by atoms with E-state index in [1.165, 1.54) is 24.1 Å². The van der Waals surface area contributed by atoms with Gasteiger partial charge in [-0.15, -0.1) is 0 Å². The lowest BCUT2D eigenvalue weighted by molar-refractivity contribution is 0.194. The summed E-state index contributed by atoms with van der Waals surface area (Å²) in [7, 11) is 1.81. The van der Waals surface area contributed by atoms with Crippen LogP contribution in [0.3, 0.4) is 0 Å². The van der Waals surface area contributed by atoms with Crippen LogP contribution in [0.5, 0.6) is 0 Å². The Labute approximate surface area is 161 Å². The highest BCUT2D eigenvalue weighted by atomic mass is 16.2. The number of fused-ring (bicyclic) bond motifs is 1. The molecule has 0 aliphatic heterocycles. The highest BCUT2D eigenvalue weighted by molar-refractivity contribution is 5.74. The zero-order valence-electron chi connectivity index (χ0n) is 17.0. The summed E-state index contributed by atoms with van der Waals surface area (Å²) in [5.74, 6) is 0.825. The van der Waals surface area contributed by atoms with Crippen molar-refractivity contribution in [3.05, 3.63) is 39.7 Å². The van der Waals surface area contributed by atoms with E-state index in [0.717, 1.165) is 41.3 Å². The van der Waals surface area contributed by atoms with Crippen molar-refractivity contribution in [3.63, 3.8) is 0 Å². The highest BCUT2D eigenvalue weighted by Crippen LogP contribution is 2.24. The van der Waals surface area contributed by atoms with Gasteiger partial charge in [-0.25, -0.2) is 14.8 Å². The SMILES string of the molecule is Cc1nc(CCNC(=O)N(C)C(C)c2c(C)n[nH]c2C)nc2c1CCCC2. The maximum atomic E-state index is 12.5. The number of hydrogen-bond acceptors (Lipinski definition) is 4. The molecule has 2 aromatic heterocycles. The number of rotatable bonds is 5. The van der Waals surface area contributed by atoms with Crippen LogP contribution in [0.4, 0.5) is 4.79 Å². The van der Waals surface area contributed by atoms with Crippen LogP contribution < -0.4 is 5.32 Å². The van der Waals surface area contributed by atoms with Gasteiger partial charge in [0.1, 0.15) is 5.82 Å². The summed E-state index contributed by atoms with van der Waals surface area (Å²) in [4.78, 5) is 23.6. The van der Waals surface area contributed by atoms with Crippen molar-refractivity contribution in [2.75, 3.05) is 13.6 Å². The van der Waals surface area contributed by atoms with Crippen molar-refractivity contribution in [2.45, 2.75) is 65.8 Å². The second-order valence-electron chi connectivity index (χ2n) is 7.47. The minimum absolute atomic E-state index is 0.0500. The third kappa shape index (κ3) is 4.12. The van der Waals surface area contributed by atoms with E-state index in [0.29, 0.717) is 13.0 Å². The third-order valence-electron chi connectivity index (χ3n) is 5.57. The molecule has 0 bridgehead atoms. The van der Waals surface area contributed by atoms with Crippen LogP contribution in [0.1, 0.15) is 65.5 Å². The maximum absolute atomic E-state index is 12.5. The molecule has 0 saturated carbocycles. The molecule has 2 N–H and O–H groups in total. The van der Waals surface area contributed by atoms with E-state index >= 15 is 0 Å². The number of carbonyl (C=O) groups excluding carboxylic acids is 1. The highest BCUT2D eigenvalue weighted by Gasteiger charge is 2.22. The van der Waals surface area contributed by atoms with Crippen LogP contribution in [0, 0.1) is 20.8 Å². The molecule has 2 aromatic rings. The van der Waals surface area contributed by atoms with E-state index in [9.17, 15) is 4.79 Å². The van der Waals surface area contributed by atoms with Gasteiger partial charge in [0.05, 0.1) is 11.7 Å². The second kappa shape index (κ2) is 8.06. The monoisotopic (exact) mass is 370 g/mol. The Kier molecular flexibility index (Phi) is 5.77. The Balaban J connectivity index is 1.57. The fourth-order valence-electron chi connectivity index (χ4n) is 3.91. The molecule has 1 aliphatic rings. The van der Waals surface area contributed by atoms with E-state index in [-0.39, 0.29) is 12.1 Å². The Morgan fingerprint density at radius 2 is 1.93 bits per heavy atom. The third-order valence-corrected chi connectivity index (χ3v) is 5.57. The molecule has 0 radical (unpaired) electrons. The van der Waals surface area contributed by atoms with E-state index in [2.05, 4.69) is 27.4 Å². The quantitative estimate of drug-likeness (QED) is 0.847. The van der Waals surface area contributed by atoms with Crippen LogP contribution in [0.2, 0.25) is 0 Å². The van der Waals surface area contributed by atoms with Gasteiger partial charge in [0, 0.05) is 42.7 Å². The van der Waals surface area contributed by atoms with Gasteiger partial charge in [0.15, 0.2) is 0 Å². The molecular weight excluding hydrogens is 340 g/mol. The molecule has 1 aliphatic carbocycles. The largest absolute Gasteiger partial charge is 0.338 e. The number of aromatic amines is 1. The van der Waals surface area contributed by atoms with Gasteiger partial charge in [-0.3, -0.25) is 5.10 Å². The molecule has 0 aromatic carbocycles. The Hall–Kier alpha value is -2.44. The molecule has 7 nitrogen and oxygen atoms in total. The number of H-pyrrole nitrogens is 1. The fraction of sp³-hybridized carbons (Fsp3) is 0.600. The normalized spacial score (nSPS) is 14.6. The molecule has 1 unspecified atom stereocenters. The molecule has 7 heteroatoms. The first-order valence-electron chi connectivity index (χ1n) is 9.76. The van der Waals surface area contributed by atoms with E-state index < -0.39 is 0 Å². The average molecular weight is 371 g/mol. The van der Waals surface area contributed by atoms with Gasteiger partial charge in [-0.1, -0.05) is 0 Å². The van der Waals surface area contributed by atoms with Gasteiger partial charge in [0.25, 0.3) is 0 Å². The molecule has 3 rings (SSSR count). The van der Waals surface area contributed by atoms with Gasteiger partial charge in [-0.2, -0.15) is 5.10 Å². The van der Waals surface area contributed by atoms with Crippen molar-refractivity contribution >= 4 is 6.03 Å². The summed E-state index contributed by atoms with van der Waals surface area (Å²) in [6.07, 6.45) is 5.21. The topological polar surface area (TPSA) is 86.8 Å². The summed E-state index contributed by atoms with van der Waals surface area (Å²) in [6, 6.07) is -0.150. The van der Waals surface area contributed by atoms with Gasteiger partial charge in [-0.05, 0) is 58.9 Å². The number of carbonyl (C=O) groups is 1. The Morgan fingerprint density at radius 1 is 1.19 bits per heavy atom. The van der Waals surface area contributed by atoms with Crippen molar-refractivity contribution < 1.29 is 4.79 Å². The number of urea groups is 1. The zero-order chi connectivity index (χ0) is 19.6. The molecule has 27 heavy (non-hydrogen) atoms. The summed E-state index contributed by atoms with van der Waals surface area (Å²) < 4.78 is 0. The molecule has 0 fully saturated rings. The lowest BCUT2D eigenvalue weighted by Crippen LogP contribution is -2.40. The lowest BCUT2D eigenvalue weighted by atomic mass is 9.95. The maximum Gasteiger partial charge on any atom is 0.317 e. The molecule has 0 spiro atoms. The number of amides is 2. The van der Waals surface area contributed by atoms with Crippen LogP contribution in [-0.4, -0.2) is 44.7 Å². The van der Waals surface area contributed by atoms with Crippen molar-refractivity contribution in [2.24, 2.45) is 0 Å². The number of nitrogens with one attached hydrogen (secondary N) is 2. The number of aryl methyl sites for hydroxylation is 4. The van der Waals surface area contributed by atoms with Gasteiger partial charge in [0.2, 0.25) is 0 Å². The minimum atomic E-state index is -0.0998. The second-order valence-corrected chi connectivity index (χ2v) is 7.47. The minimum Gasteiger partial charge on any atom is -0.338 e. The predicted molar refractivity (Wildman–Crippen MR) is 105 cm³/mol. The van der Waals surface area contributed by atoms with Crippen LogP contribution in [0.15, 0.2) is 0 Å². The Bertz CT molecular complexity index is 809. The van der Waals surface area contributed by atoms with E-state index in [1.54, 1.807) is 4.90 Å². The zero-order valence-corrected chi connectivity index (χ0v) is 17.0. The predicted octanol–water partition coefficient (Wildman–Crippen LogP) is 2.95. The molecular formula is C20H30N6O. The van der Waals surface area contributed by atoms with Crippen molar-refractivity contribution in [1.29, 1.82) is 0 Å². The lowest BCUT2D eigenvalue weighted by Gasteiger charge is -2.25. The van der Waals surface area contributed by atoms with Crippen molar-refractivity contribution in [3.8, 4) is 0 Å². The van der Waals surface area contributed by atoms with Gasteiger partial charge >= 0.3 is 6.03 Å². The summed E-state index contributed by atoms with van der Waals surface area (Å²) in [5, 5.41) is 10.2. The van der Waals surface area contributed by atoms with Gasteiger partial charge < -0.3 is 10.2 Å². The van der Waals surface area contributed by atoms with E-state index in [4.69, 9.17) is 4.98 Å². The van der Waals surface area contributed by atoms with Crippen LogP contribution >= 0.6 is 0 Å². The molecule has 0 saturated heterocycles. The average Bonchev–Trinajstić information content (AvgIpc) is 2.99. The number of nitrogens with zero attached hydrogens (tertiary/aromatic N) is 4. The summed E-state index contributed by atoms with van der Waals surface area (Å²) >= 11 is 0. The fourth-order valence-corrected chi connectivity index (χ4v) is 3.91.